The van der Waals surface area contributed by atoms with E-state index in [0.29, 0.717) is 18.1 Å². The number of nitrogens with one attached hydrogen (secondary N) is 1. The second kappa shape index (κ2) is 7.47. The highest BCUT2D eigenvalue weighted by Crippen LogP contribution is 2.35. The quantitative estimate of drug-likeness (QED) is 0.826. The maximum absolute atomic E-state index is 13.0. The molecule has 3 amide bonds. The first-order valence-electron chi connectivity index (χ1n) is 9.70. The number of hydrogen-bond acceptors (Lipinski definition) is 2. The fourth-order valence-corrected chi connectivity index (χ4v) is 4.41. The van der Waals surface area contributed by atoms with Crippen LogP contribution in [0.3, 0.4) is 0 Å². The maximum Gasteiger partial charge on any atom is 0.322 e. The fraction of sp³-hybridized carbons (Fsp3) is 0.364. The van der Waals surface area contributed by atoms with Gasteiger partial charge in [-0.25, -0.2) is 4.79 Å². The minimum Gasteiger partial charge on any atom is -0.332 e. The second-order valence-electron chi connectivity index (χ2n) is 7.47. The van der Waals surface area contributed by atoms with Gasteiger partial charge in [-0.1, -0.05) is 42.8 Å². The molecule has 146 valence electrons. The van der Waals surface area contributed by atoms with Crippen LogP contribution in [0.2, 0.25) is 5.02 Å². The van der Waals surface area contributed by atoms with Crippen molar-refractivity contribution in [2.75, 3.05) is 25.0 Å². The van der Waals surface area contributed by atoms with Crippen LogP contribution in [0.4, 0.5) is 10.5 Å². The summed E-state index contributed by atoms with van der Waals surface area (Å²) < 4.78 is 0. The van der Waals surface area contributed by atoms with Crippen LogP contribution >= 0.6 is 11.6 Å². The van der Waals surface area contributed by atoms with Crippen molar-refractivity contribution in [3.8, 4) is 0 Å². The number of benzene rings is 2. The molecule has 2 aromatic carbocycles. The Hall–Kier alpha value is -2.53. The van der Waals surface area contributed by atoms with E-state index in [1.54, 1.807) is 4.90 Å². The first-order chi connectivity index (χ1) is 13.5. The lowest BCUT2D eigenvalue weighted by atomic mass is 9.91. The Morgan fingerprint density at radius 2 is 2.11 bits per heavy atom. The molecule has 0 spiro atoms. The Bertz CT molecular complexity index is 943. The highest BCUT2D eigenvalue weighted by molar-refractivity contribution is 6.30. The molecular formula is C22H24ClN3O2. The first kappa shape index (κ1) is 18.8. The monoisotopic (exact) mass is 397 g/mol. The topological polar surface area (TPSA) is 52.7 Å². The highest BCUT2D eigenvalue weighted by Gasteiger charge is 2.38. The SMILES string of the molecule is CCc1cccc(C)c1NC(=O)N1CC(=O)N2CCc3ccc(Cl)cc3[C@@H]2C1. The van der Waals surface area contributed by atoms with Gasteiger partial charge in [-0.05, 0) is 54.2 Å². The Kier molecular flexibility index (Phi) is 5.02. The van der Waals surface area contributed by atoms with Gasteiger partial charge < -0.3 is 15.1 Å². The van der Waals surface area contributed by atoms with Crippen molar-refractivity contribution >= 4 is 29.2 Å². The summed E-state index contributed by atoms with van der Waals surface area (Å²) in [6, 6.07) is 11.5. The van der Waals surface area contributed by atoms with Crippen LogP contribution in [0.1, 0.15) is 35.2 Å². The van der Waals surface area contributed by atoms with Crippen LogP contribution in [0, 0.1) is 6.92 Å². The second-order valence-corrected chi connectivity index (χ2v) is 7.91. The van der Waals surface area contributed by atoms with E-state index in [1.807, 2.05) is 48.2 Å². The number of carbonyl (C=O) groups excluding carboxylic acids is 2. The zero-order chi connectivity index (χ0) is 19.8. The zero-order valence-electron chi connectivity index (χ0n) is 16.2. The first-order valence-corrected chi connectivity index (χ1v) is 10.1. The van der Waals surface area contributed by atoms with E-state index < -0.39 is 0 Å². The molecule has 2 aliphatic heterocycles. The number of aryl methyl sites for hydroxylation is 2. The molecule has 6 heteroatoms. The van der Waals surface area contributed by atoms with E-state index in [0.717, 1.165) is 35.2 Å². The van der Waals surface area contributed by atoms with Crippen molar-refractivity contribution in [3.05, 3.63) is 63.7 Å². The average Bonchev–Trinajstić information content (AvgIpc) is 2.69. The molecule has 2 aromatic rings. The van der Waals surface area contributed by atoms with Crippen molar-refractivity contribution in [2.24, 2.45) is 0 Å². The van der Waals surface area contributed by atoms with Crippen molar-refractivity contribution in [3.63, 3.8) is 0 Å². The smallest absolute Gasteiger partial charge is 0.322 e. The minimum absolute atomic E-state index is 0.0162. The van der Waals surface area contributed by atoms with Crippen molar-refractivity contribution < 1.29 is 9.59 Å². The zero-order valence-corrected chi connectivity index (χ0v) is 16.9. The van der Waals surface area contributed by atoms with E-state index in [4.69, 9.17) is 11.6 Å². The number of carbonyl (C=O) groups is 2. The highest BCUT2D eigenvalue weighted by atomic mass is 35.5. The van der Waals surface area contributed by atoms with Crippen molar-refractivity contribution in [1.82, 2.24) is 9.80 Å². The largest absolute Gasteiger partial charge is 0.332 e. The van der Waals surface area contributed by atoms with Gasteiger partial charge in [0.05, 0.1) is 6.04 Å². The normalized spacial score (nSPS) is 18.5. The molecule has 5 nitrogen and oxygen atoms in total. The number of fused-ring (bicyclic) bond motifs is 3. The number of urea groups is 1. The summed E-state index contributed by atoms with van der Waals surface area (Å²) in [5.74, 6) is -0.0162. The number of piperazine rings is 1. The predicted molar refractivity (Wildman–Crippen MR) is 111 cm³/mol. The number of amides is 3. The predicted octanol–water partition coefficient (Wildman–Crippen LogP) is 4.18. The molecule has 1 N–H and O–H groups in total. The molecule has 0 bridgehead atoms. The van der Waals surface area contributed by atoms with E-state index >= 15 is 0 Å². The van der Waals surface area contributed by atoms with Crippen molar-refractivity contribution in [2.45, 2.75) is 32.7 Å². The minimum atomic E-state index is -0.230. The number of anilines is 1. The Balaban J connectivity index is 1.59. The number of rotatable bonds is 2. The van der Waals surface area contributed by atoms with Crippen LogP contribution in [-0.2, 0) is 17.6 Å². The van der Waals surface area contributed by atoms with E-state index in [9.17, 15) is 9.59 Å². The lowest BCUT2D eigenvalue weighted by molar-refractivity contribution is -0.139. The molecule has 0 saturated carbocycles. The lowest BCUT2D eigenvalue weighted by Gasteiger charge is -2.44. The standard InChI is InChI=1S/C22H24ClN3O2/c1-3-15-6-4-5-14(2)21(15)24-22(28)25-12-19-18-11-17(23)8-7-16(18)9-10-26(19)20(27)13-25/h4-8,11,19H,3,9-10,12-13H2,1-2H3,(H,24,28)/t19-/m0/s1. The van der Waals surface area contributed by atoms with Gasteiger partial charge in [0.1, 0.15) is 6.54 Å². The summed E-state index contributed by atoms with van der Waals surface area (Å²) in [6.07, 6.45) is 1.66. The van der Waals surface area contributed by atoms with Gasteiger partial charge in [-0.2, -0.15) is 0 Å². The van der Waals surface area contributed by atoms with Gasteiger partial charge in [0, 0.05) is 23.8 Å². The van der Waals surface area contributed by atoms with Gasteiger partial charge in [0.15, 0.2) is 0 Å². The van der Waals surface area contributed by atoms with E-state index in [-0.39, 0.29) is 24.5 Å². The number of nitrogens with zero attached hydrogens (tertiary/aromatic N) is 2. The lowest BCUT2D eigenvalue weighted by Crippen LogP contribution is -2.56. The van der Waals surface area contributed by atoms with Crippen LogP contribution < -0.4 is 5.32 Å². The maximum atomic E-state index is 13.0. The molecule has 0 aliphatic carbocycles. The average molecular weight is 398 g/mol. The van der Waals surface area contributed by atoms with Crippen molar-refractivity contribution in [1.29, 1.82) is 0 Å². The summed E-state index contributed by atoms with van der Waals surface area (Å²) in [7, 11) is 0. The van der Waals surface area contributed by atoms with Crippen LogP contribution in [0.5, 0.6) is 0 Å². The summed E-state index contributed by atoms with van der Waals surface area (Å²) in [6.45, 7) is 5.31. The molecule has 0 aromatic heterocycles. The van der Waals surface area contributed by atoms with Crippen LogP contribution in [0.15, 0.2) is 36.4 Å². The third-order valence-corrected chi connectivity index (χ3v) is 6.00. The molecule has 2 aliphatic rings. The van der Waals surface area contributed by atoms with Gasteiger partial charge >= 0.3 is 6.03 Å². The van der Waals surface area contributed by atoms with Gasteiger partial charge in [0.25, 0.3) is 0 Å². The van der Waals surface area contributed by atoms with Crippen LogP contribution in [-0.4, -0.2) is 41.4 Å². The van der Waals surface area contributed by atoms with Gasteiger partial charge in [-0.15, -0.1) is 0 Å². The molecule has 2 heterocycles. The number of para-hydroxylation sites is 1. The van der Waals surface area contributed by atoms with Gasteiger partial charge in [0.2, 0.25) is 5.91 Å². The summed E-state index contributed by atoms with van der Waals surface area (Å²) in [5.41, 5.74) is 5.21. The summed E-state index contributed by atoms with van der Waals surface area (Å²) >= 11 is 6.20. The molecule has 1 atom stereocenters. The number of halogens is 1. The van der Waals surface area contributed by atoms with Gasteiger partial charge in [-0.3, -0.25) is 4.79 Å². The molecule has 1 saturated heterocycles. The van der Waals surface area contributed by atoms with Crippen LogP contribution in [0.25, 0.3) is 0 Å². The Morgan fingerprint density at radius 1 is 1.29 bits per heavy atom. The van der Waals surface area contributed by atoms with E-state index in [2.05, 4.69) is 12.2 Å². The number of hydrogen-bond donors (Lipinski definition) is 1. The fourth-order valence-electron chi connectivity index (χ4n) is 4.23. The molecule has 1 fully saturated rings. The Morgan fingerprint density at radius 3 is 2.89 bits per heavy atom. The molecule has 0 unspecified atom stereocenters. The summed E-state index contributed by atoms with van der Waals surface area (Å²) in [5, 5.41) is 3.70. The molecule has 28 heavy (non-hydrogen) atoms. The molecule has 0 radical (unpaired) electrons. The third-order valence-electron chi connectivity index (χ3n) is 5.76. The summed E-state index contributed by atoms with van der Waals surface area (Å²) in [4.78, 5) is 29.3. The Labute approximate surface area is 170 Å². The van der Waals surface area contributed by atoms with E-state index in [1.165, 1.54) is 5.56 Å². The molecule has 4 rings (SSSR count). The molecular weight excluding hydrogens is 374 g/mol. The third kappa shape index (κ3) is 3.35.